The van der Waals surface area contributed by atoms with Crippen molar-refractivity contribution in [2.45, 2.75) is 19.1 Å². The first-order chi connectivity index (χ1) is 7.34. The molecule has 2 saturated heterocycles. The van der Waals surface area contributed by atoms with Gasteiger partial charge in [0.2, 0.25) is 0 Å². The zero-order valence-corrected chi connectivity index (χ0v) is 9.74. The highest BCUT2D eigenvalue weighted by Gasteiger charge is 2.17. The van der Waals surface area contributed by atoms with Crippen molar-refractivity contribution in [1.29, 1.82) is 0 Å². The normalized spacial score (nSPS) is 30.6. The van der Waals surface area contributed by atoms with E-state index in [-0.39, 0.29) is 0 Å². The van der Waals surface area contributed by atoms with E-state index in [2.05, 4.69) is 22.2 Å². The first-order valence-electron chi connectivity index (χ1n) is 6.10. The fourth-order valence-electron chi connectivity index (χ4n) is 2.18. The molecule has 0 bridgehead atoms. The first kappa shape index (κ1) is 11.3. The van der Waals surface area contributed by atoms with E-state index in [1.54, 1.807) is 0 Å². The number of nitrogens with one attached hydrogen (secondary N) is 1. The average molecular weight is 213 g/mol. The van der Waals surface area contributed by atoms with Gasteiger partial charge >= 0.3 is 0 Å². The number of nitrogens with zero attached hydrogens (tertiary/aromatic N) is 2. The number of ether oxygens (including phenoxy) is 1. The Morgan fingerprint density at radius 1 is 1.27 bits per heavy atom. The van der Waals surface area contributed by atoms with E-state index in [0.717, 1.165) is 26.0 Å². The second-order valence-corrected chi connectivity index (χ2v) is 4.60. The summed E-state index contributed by atoms with van der Waals surface area (Å²) < 4.78 is 5.64. The van der Waals surface area contributed by atoms with E-state index in [9.17, 15) is 0 Å². The monoisotopic (exact) mass is 213 g/mol. The predicted octanol–water partition coefficient (Wildman–Crippen LogP) is -0.0401. The summed E-state index contributed by atoms with van der Waals surface area (Å²) in [5.41, 5.74) is 0. The number of hydrogen-bond acceptors (Lipinski definition) is 4. The number of likely N-dealkylation sites (N-methyl/N-ethyl adjacent to an activating group) is 1. The van der Waals surface area contributed by atoms with Gasteiger partial charge < -0.3 is 14.5 Å². The Morgan fingerprint density at radius 2 is 2.07 bits per heavy atom. The van der Waals surface area contributed by atoms with Crippen LogP contribution in [0.4, 0.5) is 0 Å². The van der Waals surface area contributed by atoms with Crippen LogP contribution in [-0.4, -0.2) is 69.0 Å². The Hall–Kier alpha value is -0.160. The van der Waals surface area contributed by atoms with E-state index in [4.69, 9.17) is 4.74 Å². The lowest BCUT2D eigenvalue weighted by atomic mass is 10.2. The summed E-state index contributed by atoms with van der Waals surface area (Å²) in [6.45, 7) is 8.06. The number of rotatable bonds is 3. The Bertz CT molecular complexity index is 175. The quantitative estimate of drug-likeness (QED) is 0.712. The third-order valence-corrected chi connectivity index (χ3v) is 3.32. The van der Waals surface area contributed by atoms with Crippen LogP contribution in [0.5, 0.6) is 0 Å². The second-order valence-electron chi connectivity index (χ2n) is 4.60. The van der Waals surface area contributed by atoms with Crippen LogP contribution in [0.2, 0.25) is 0 Å². The van der Waals surface area contributed by atoms with Crippen LogP contribution in [0.1, 0.15) is 12.8 Å². The van der Waals surface area contributed by atoms with Gasteiger partial charge in [-0.05, 0) is 26.4 Å². The van der Waals surface area contributed by atoms with Crippen molar-refractivity contribution in [2.24, 2.45) is 0 Å². The molecule has 0 aromatic carbocycles. The largest absolute Gasteiger partial charge is 0.363 e. The van der Waals surface area contributed by atoms with Crippen molar-refractivity contribution >= 4 is 0 Å². The molecule has 15 heavy (non-hydrogen) atoms. The third kappa shape index (κ3) is 3.72. The van der Waals surface area contributed by atoms with E-state index in [1.165, 1.54) is 32.7 Å². The Labute approximate surface area is 92.6 Å². The van der Waals surface area contributed by atoms with Crippen molar-refractivity contribution in [2.75, 3.05) is 52.9 Å². The van der Waals surface area contributed by atoms with Crippen molar-refractivity contribution in [3.8, 4) is 0 Å². The van der Waals surface area contributed by atoms with E-state index in [0.29, 0.717) is 6.23 Å². The fourth-order valence-corrected chi connectivity index (χ4v) is 2.18. The lowest BCUT2D eigenvalue weighted by molar-refractivity contribution is -0.0110. The molecule has 0 amide bonds. The smallest absolute Gasteiger partial charge is 0.109 e. The summed E-state index contributed by atoms with van der Waals surface area (Å²) in [6, 6.07) is 0. The van der Waals surface area contributed by atoms with E-state index >= 15 is 0 Å². The maximum Gasteiger partial charge on any atom is 0.109 e. The molecule has 1 unspecified atom stereocenters. The minimum absolute atomic E-state index is 0.304. The van der Waals surface area contributed by atoms with Crippen LogP contribution in [0, 0.1) is 0 Å². The van der Waals surface area contributed by atoms with Crippen LogP contribution in [-0.2, 0) is 4.74 Å². The molecular weight excluding hydrogens is 190 g/mol. The topological polar surface area (TPSA) is 27.7 Å². The Balaban J connectivity index is 1.60. The average Bonchev–Trinajstić information content (AvgIpc) is 2.30. The van der Waals surface area contributed by atoms with Crippen LogP contribution in [0.3, 0.4) is 0 Å². The molecule has 2 aliphatic rings. The Kier molecular flexibility index (Phi) is 4.38. The molecule has 0 aromatic heterocycles. The van der Waals surface area contributed by atoms with Crippen molar-refractivity contribution in [1.82, 2.24) is 15.1 Å². The van der Waals surface area contributed by atoms with Gasteiger partial charge in [-0.1, -0.05) is 0 Å². The summed E-state index contributed by atoms with van der Waals surface area (Å²) in [4.78, 5) is 4.94. The number of hydrogen-bond donors (Lipinski definition) is 1. The molecule has 4 heteroatoms. The molecule has 88 valence electrons. The molecule has 0 spiro atoms. The van der Waals surface area contributed by atoms with Crippen molar-refractivity contribution in [3.05, 3.63) is 0 Å². The number of piperazine rings is 1. The fraction of sp³-hybridized carbons (Fsp3) is 1.00. The van der Waals surface area contributed by atoms with Gasteiger partial charge in [-0.2, -0.15) is 0 Å². The van der Waals surface area contributed by atoms with Crippen molar-refractivity contribution in [3.63, 3.8) is 0 Å². The maximum atomic E-state index is 5.64. The summed E-state index contributed by atoms with van der Waals surface area (Å²) in [7, 11) is 2.20. The van der Waals surface area contributed by atoms with Crippen molar-refractivity contribution < 1.29 is 4.74 Å². The molecule has 2 heterocycles. The summed E-state index contributed by atoms with van der Waals surface area (Å²) in [6.07, 6.45) is 2.59. The molecule has 1 atom stereocenters. The molecule has 2 rings (SSSR count). The minimum Gasteiger partial charge on any atom is -0.363 e. The van der Waals surface area contributed by atoms with Gasteiger partial charge in [0.25, 0.3) is 0 Å². The second kappa shape index (κ2) is 5.80. The molecule has 0 radical (unpaired) electrons. The molecule has 1 N–H and O–H groups in total. The van der Waals surface area contributed by atoms with Gasteiger partial charge in [0.1, 0.15) is 6.23 Å². The van der Waals surface area contributed by atoms with Gasteiger partial charge in [-0.25, -0.2) is 0 Å². The Morgan fingerprint density at radius 3 is 2.73 bits per heavy atom. The standard InChI is InChI=1S/C11H23N3O/c1-13-6-8-14(9-7-13)5-3-11-12-4-2-10-15-11/h11-12H,2-10H2,1H3. The molecular formula is C11H23N3O. The molecule has 2 fully saturated rings. The van der Waals surface area contributed by atoms with Gasteiger partial charge in [-0.15, -0.1) is 0 Å². The van der Waals surface area contributed by atoms with Crippen LogP contribution in [0.15, 0.2) is 0 Å². The molecule has 2 aliphatic heterocycles. The molecule has 0 aromatic rings. The predicted molar refractivity (Wildman–Crippen MR) is 60.9 cm³/mol. The maximum absolute atomic E-state index is 5.64. The van der Waals surface area contributed by atoms with Crippen LogP contribution >= 0.6 is 0 Å². The van der Waals surface area contributed by atoms with E-state index in [1.807, 2.05) is 0 Å². The lowest BCUT2D eigenvalue weighted by Gasteiger charge is -2.33. The van der Waals surface area contributed by atoms with E-state index < -0.39 is 0 Å². The highest BCUT2D eigenvalue weighted by molar-refractivity contribution is 4.71. The highest BCUT2D eigenvalue weighted by Crippen LogP contribution is 2.05. The highest BCUT2D eigenvalue weighted by atomic mass is 16.5. The molecule has 0 aliphatic carbocycles. The van der Waals surface area contributed by atoms with Gasteiger partial charge in [-0.3, -0.25) is 5.32 Å². The molecule has 4 nitrogen and oxygen atoms in total. The van der Waals surface area contributed by atoms with Gasteiger partial charge in [0.15, 0.2) is 0 Å². The summed E-state index contributed by atoms with van der Waals surface area (Å²) >= 11 is 0. The van der Waals surface area contributed by atoms with Gasteiger partial charge in [0.05, 0.1) is 0 Å². The first-order valence-corrected chi connectivity index (χ1v) is 6.10. The van der Waals surface area contributed by atoms with Crippen LogP contribution < -0.4 is 5.32 Å². The molecule has 0 saturated carbocycles. The summed E-state index contributed by atoms with van der Waals surface area (Å²) in [5.74, 6) is 0. The van der Waals surface area contributed by atoms with Gasteiger partial charge in [0, 0.05) is 39.3 Å². The summed E-state index contributed by atoms with van der Waals surface area (Å²) in [5, 5.41) is 3.41. The van der Waals surface area contributed by atoms with Crippen LogP contribution in [0.25, 0.3) is 0 Å². The minimum atomic E-state index is 0.304. The zero-order valence-electron chi connectivity index (χ0n) is 9.74. The zero-order chi connectivity index (χ0) is 10.5. The SMILES string of the molecule is CN1CCN(CCC2NCCCO2)CC1. The lowest BCUT2D eigenvalue weighted by Crippen LogP contribution is -2.47. The third-order valence-electron chi connectivity index (χ3n) is 3.32.